The SMILES string of the molecule is COc1ccc(CN(Cc2cc(F)cc3c2OCOC3)[C@H]2CCS(=O)(=O)C2)cc1. The van der Waals surface area contributed by atoms with Gasteiger partial charge in [0.05, 0.1) is 25.2 Å². The molecule has 156 valence electrons. The third-order valence-corrected chi connectivity index (χ3v) is 7.15. The van der Waals surface area contributed by atoms with E-state index in [0.717, 1.165) is 11.3 Å². The van der Waals surface area contributed by atoms with Gasteiger partial charge in [0.25, 0.3) is 0 Å². The van der Waals surface area contributed by atoms with Crippen LogP contribution in [0.25, 0.3) is 0 Å². The molecule has 2 aliphatic heterocycles. The zero-order valence-electron chi connectivity index (χ0n) is 16.3. The van der Waals surface area contributed by atoms with Gasteiger partial charge >= 0.3 is 0 Å². The highest BCUT2D eigenvalue weighted by molar-refractivity contribution is 7.91. The van der Waals surface area contributed by atoms with E-state index >= 15 is 0 Å². The van der Waals surface area contributed by atoms with Crippen LogP contribution in [0.3, 0.4) is 0 Å². The second-order valence-corrected chi connectivity index (χ2v) is 9.70. The zero-order chi connectivity index (χ0) is 20.4. The zero-order valence-corrected chi connectivity index (χ0v) is 17.1. The molecular formula is C21H24FNO5S. The minimum absolute atomic E-state index is 0.116. The van der Waals surface area contributed by atoms with Crippen LogP contribution in [0.5, 0.6) is 11.5 Å². The summed E-state index contributed by atoms with van der Waals surface area (Å²) in [4.78, 5) is 2.10. The highest BCUT2D eigenvalue weighted by Crippen LogP contribution is 2.32. The minimum Gasteiger partial charge on any atom is -0.497 e. The van der Waals surface area contributed by atoms with Gasteiger partial charge in [-0.3, -0.25) is 4.90 Å². The molecule has 8 heteroatoms. The lowest BCUT2D eigenvalue weighted by atomic mass is 10.1. The molecule has 1 fully saturated rings. The van der Waals surface area contributed by atoms with Gasteiger partial charge in [-0.05, 0) is 36.2 Å². The summed E-state index contributed by atoms with van der Waals surface area (Å²) in [5.41, 5.74) is 2.42. The van der Waals surface area contributed by atoms with Crippen LogP contribution in [-0.2, 0) is 34.3 Å². The average molecular weight is 421 g/mol. The van der Waals surface area contributed by atoms with E-state index < -0.39 is 9.84 Å². The number of hydrogen-bond donors (Lipinski definition) is 0. The van der Waals surface area contributed by atoms with Gasteiger partial charge in [-0.1, -0.05) is 12.1 Å². The van der Waals surface area contributed by atoms with E-state index in [0.29, 0.717) is 43.0 Å². The van der Waals surface area contributed by atoms with Crippen molar-refractivity contribution in [2.75, 3.05) is 25.4 Å². The average Bonchev–Trinajstić information content (AvgIpc) is 3.07. The molecule has 2 aliphatic rings. The highest BCUT2D eigenvalue weighted by Gasteiger charge is 2.33. The Hall–Kier alpha value is -2.16. The Labute approximate surface area is 170 Å². The van der Waals surface area contributed by atoms with Crippen LogP contribution < -0.4 is 9.47 Å². The summed E-state index contributed by atoms with van der Waals surface area (Å²) in [6.45, 7) is 1.37. The molecule has 1 atom stereocenters. The Bertz CT molecular complexity index is 977. The molecule has 0 radical (unpaired) electrons. The molecule has 29 heavy (non-hydrogen) atoms. The standard InChI is InChI=1S/C21H24FNO5S/c1-26-20-4-2-15(3-5-20)10-23(19-6-7-29(24,25)13-19)11-16-8-18(22)9-17-12-27-14-28-21(16)17/h2-5,8-9,19H,6-7,10-14H2,1H3/t19-/m0/s1. The van der Waals surface area contributed by atoms with E-state index in [2.05, 4.69) is 4.90 Å². The highest BCUT2D eigenvalue weighted by atomic mass is 32.2. The van der Waals surface area contributed by atoms with Gasteiger partial charge < -0.3 is 14.2 Å². The molecule has 0 unspecified atom stereocenters. The van der Waals surface area contributed by atoms with Crippen LogP contribution in [-0.4, -0.2) is 44.8 Å². The Morgan fingerprint density at radius 3 is 2.69 bits per heavy atom. The summed E-state index contributed by atoms with van der Waals surface area (Å²) in [5.74, 6) is 1.35. The Kier molecular flexibility index (Phi) is 5.76. The lowest BCUT2D eigenvalue weighted by Crippen LogP contribution is -2.35. The molecule has 2 aromatic carbocycles. The Morgan fingerprint density at radius 1 is 1.21 bits per heavy atom. The third kappa shape index (κ3) is 4.71. The summed E-state index contributed by atoms with van der Waals surface area (Å²) in [6, 6.07) is 10.4. The molecule has 0 amide bonds. The van der Waals surface area contributed by atoms with Gasteiger partial charge in [-0.15, -0.1) is 0 Å². The van der Waals surface area contributed by atoms with Crippen molar-refractivity contribution in [2.45, 2.75) is 32.2 Å². The predicted octanol–water partition coefficient (Wildman–Crippen LogP) is 2.89. The summed E-state index contributed by atoms with van der Waals surface area (Å²) in [5, 5.41) is 0. The van der Waals surface area contributed by atoms with Crippen molar-refractivity contribution >= 4 is 9.84 Å². The number of rotatable bonds is 6. The van der Waals surface area contributed by atoms with Gasteiger partial charge in [0.15, 0.2) is 16.6 Å². The first kappa shape index (κ1) is 20.1. The number of halogens is 1. The quantitative estimate of drug-likeness (QED) is 0.715. The largest absolute Gasteiger partial charge is 0.497 e. The second kappa shape index (κ2) is 8.30. The van der Waals surface area contributed by atoms with Gasteiger partial charge in [0, 0.05) is 30.3 Å². The topological polar surface area (TPSA) is 65.1 Å². The Morgan fingerprint density at radius 2 is 2.00 bits per heavy atom. The minimum atomic E-state index is -3.05. The fraction of sp³-hybridized carbons (Fsp3) is 0.429. The second-order valence-electron chi connectivity index (χ2n) is 7.47. The third-order valence-electron chi connectivity index (χ3n) is 5.39. The monoisotopic (exact) mass is 421 g/mol. The van der Waals surface area contributed by atoms with Crippen molar-refractivity contribution in [2.24, 2.45) is 0 Å². The maximum Gasteiger partial charge on any atom is 0.189 e. The van der Waals surface area contributed by atoms with Crippen molar-refractivity contribution < 1.29 is 27.0 Å². The number of hydrogen-bond acceptors (Lipinski definition) is 6. The maximum atomic E-state index is 14.2. The molecule has 0 bridgehead atoms. The van der Waals surface area contributed by atoms with Crippen molar-refractivity contribution in [3.05, 3.63) is 58.9 Å². The normalized spacial score (nSPS) is 20.3. The van der Waals surface area contributed by atoms with Crippen LogP contribution in [0.1, 0.15) is 23.1 Å². The number of nitrogens with zero attached hydrogens (tertiary/aromatic N) is 1. The molecule has 0 aliphatic carbocycles. The molecule has 0 saturated carbocycles. The molecule has 0 aromatic heterocycles. The fourth-order valence-corrected chi connectivity index (χ4v) is 5.70. The van der Waals surface area contributed by atoms with Crippen LogP contribution in [0.15, 0.2) is 36.4 Å². The lowest BCUT2D eigenvalue weighted by Gasteiger charge is -2.30. The van der Waals surface area contributed by atoms with E-state index in [4.69, 9.17) is 14.2 Å². The van der Waals surface area contributed by atoms with Crippen molar-refractivity contribution in [1.29, 1.82) is 0 Å². The van der Waals surface area contributed by atoms with E-state index in [9.17, 15) is 12.8 Å². The van der Waals surface area contributed by atoms with Crippen molar-refractivity contribution in [1.82, 2.24) is 4.90 Å². The number of benzene rings is 2. The van der Waals surface area contributed by atoms with Gasteiger partial charge in [0.1, 0.15) is 17.3 Å². The van der Waals surface area contributed by atoms with Crippen LogP contribution in [0.4, 0.5) is 4.39 Å². The molecule has 0 N–H and O–H groups in total. The van der Waals surface area contributed by atoms with E-state index in [1.165, 1.54) is 12.1 Å². The summed E-state index contributed by atoms with van der Waals surface area (Å²) in [6.07, 6.45) is 0.569. The number of ether oxygens (including phenoxy) is 3. The summed E-state index contributed by atoms with van der Waals surface area (Å²) >= 11 is 0. The fourth-order valence-electron chi connectivity index (χ4n) is 3.94. The first-order valence-electron chi connectivity index (χ1n) is 9.53. The molecule has 4 rings (SSSR count). The van der Waals surface area contributed by atoms with Gasteiger partial charge in [-0.2, -0.15) is 0 Å². The van der Waals surface area contributed by atoms with Gasteiger partial charge in [0.2, 0.25) is 0 Å². The molecule has 0 spiro atoms. The van der Waals surface area contributed by atoms with E-state index in [-0.39, 0.29) is 30.2 Å². The summed E-state index contributed by atoms with van der Waals surface area (Å²) < 4.78 is 54.4. The first-order valence-corrected chi connectivity index (χ1v) is 11.3. The van der Waals surface area contributed by atoms with Crippen molar-refractivity contribution in [3.63, 3.8) is 0 Å². The molecule has 1 saturated heterocycles. The van der Waals surface area contributed by atoms with E-state index in [1.54, 1.807) is 7.11 Å². The predicted molar refractivity (Wildman–Crippen MR) is 106 cm³/mol. The first-order chi connectivity index (χ1) is 13.9. The summed E-state index contributed by atoms with van der Waals surface area (Å²) in [7, 11) is -1.44. The lowest BCUT2D eigenvalue weighted by molar-refractivity contribution is -0.0178. The Balaban J connectivity index is 1.62. The van der Waals surface area contributed by atoms with E-state index in [1.807, 2.05) is 24.3 Å². The van der Waals surface area contributed by atoms with Crippen LogP contribution in [0, 0.1) is 5.82 Å². The maximum absolute atomic E-state index is 14.2. The number of methoxy groups -OCH3 is 1. The number of fused-ring (bicyclic) bond motifs is 1. The van der Waals surface area contributed by atoms with Gasteiger partial charge in [-0.25, -0.2) is 12.8 Å². The molecule has 6 nitrogen and oxygen atoms in total. The van der Waals surface area contributed by atoms with Crippen LogP contribution >= 0.6 is 0 Å². The molecular weight excluding hydrogens is 397 g/mol. The molecule has 2 aromatic rings. The number of sulfone groups is 1. The van der Waals surface area contributed by atoms with Crippen molar-refractivity contribution in [3.8, 4) is 11.5 Å². The molecule has 2 heterocycles. The van der Waals surface area contributed by atoms with Crippen LogP contribution in [0.2, 0.25) is 0 Å². The smallest absolute Gasteiger partial charge is 0.189 e.